The van der Waals surface area contributed by atoms with Gasteiger partial charge in [0.15, 0.2) is 0 Å². The number of nitrogens with zero attached hydrogens (tertiary/aromatic N) is 3. The number of esters is 1. The highest BCUT2D eigenvalue weighted by atomic mass is 16.5. The van der Waals surface area contributed by atoms with Crippen LogP contribution in [-0.4, -0.2) is 39.2 Å². The standard InChI is InChI=1S/C23H24N6O2/c1-2-31-23(30)21(24)20(14-7-8-14)22-27-18(17-10-25-26-11-17)9-19(28-22)29-12-15-5-3-4-6-16(15)13-29/h3-6,9-11,14,24,27H,2,7-8,12-13H2,1H3,(H,25,26)/b22-20+,24-21?. The zero-order valence-electron chi connectivity index (χ0n) is 17.3. The molecule has 0 radical (unpaired) electrons. The van der Waals surface area contributed by atoms with Crippen LogP contribution in [0.15, 0.2) is 59.1 Å². The molecule has 8 nitrogen and oxygen atoms in total. The third kappa shape index (κ3) is 3.76. The fraction of sp³-hybridized carbons (Fsp3) is 0.304. The van der Waals surface area contributed by atoms with Gasteiger partial charge in [-0.15, -0.1) is 0 Å². The molecule has 0 bridgehead atoms. The molecule has 31 heavy (non-hydrogen) atoms. The van der Waals surface area contributed by atoms with E-state index in [1.165, 1.54) is 11.1 Å². The third-order valence-corrected chi connectivity index (χ3v) is 5.72. The van der Waals surface area contributed by atoms with Crippen molar-refractivity contribution in [2.24, 2.45) is 10.9 Å². The normalized spacial score (nSPS) is 19.2. The molecular formula is C23H24N6O2. The van der Waals surface area contributed by atoms with Crippen LogP contribution in [0.1, 0.15) is 36.5 Å². The topological polar surface area (TPSA) is 106 Å². The van der Waals surface area contributed by atoms with E-state index in [0.717, 1.165) is 43.0 Å². The van der Waals surface area contributed by atoms with Crippen LogP contribution in [-0.2, 0) is 22.6 Å². The molecule has 3 N–H and O–H groups in total. The zero-order valence-corrected chi connectivity index (χ0v) is 17.3. The number of hydrogen-bond donors (Lipinski definition) is 3. The number of carbonyl (C=O) groups excluding carboxylic acids is 1. The molecule has 0 amide bonds. The summed E-state index contributed by atoms with van der Waals surface area (Å²) in [5.41, 5.74) is 4.80. The minimum atomic E-state index is -0.608. The largest absolute Gasteiger partial charge is 0.461 e. The first-order chi connectivity index (χ1) is 15.1. The number of hydrogen-bond acceptors (Lipinski definition) is 7. The fourth-order valence-electron chi connectivity index (χ4n) is 4.01. The Labute approximate surface area is 180 Å². The molecule has 0 saturated heterocycles. The predicted octanol–water partition coefficient (Wildman–Crippen LogP) is 2.97. The summed E-state index contributed by atoms with van der Waals surface area (Å²) in [6.45, 7) is 3.52. The molecule has 5 rings (SSSR count). The maximum Gasteiger partial charge on any atom is 0.356 e. The van der Waals surface area contributed by atoms with Crippen molar-refractivity contribution in [2.45, 2.75) is 32.9 Å². The maximum absolute atomic E-state index is 12.4. The monoisotopic (exact) mass is 416 g/mol. The smallest absolute Gasteiger partial charge is 0.356 e. The van der Waals surface area contributed by atoms with E-state index in [2.05, 4.69) is 44.7 Å². The van der Waals surface area contributed by atoms with E-state index in [1.54, 1.807) is 13.1 Å². The Balaban J connectivity index is 1.56. The van der Waals surface area contributed by atoms with E-state index in [4.69, 9.17) is 15.1 Å². The fourth-order valence-corrected chi connectivity index (χ4v) is 4.01. The van der Waals surface area contributed by atoms with Crippen LogP contribution in [0.3, 0.4) is 0 Å². The molecule has 158 valence electrons. The molecule has 8 heteroatoms. The quantitative estimate of drug-likeness (QED) is 0.513. The van der Waals surface area contributed by atoms with E-state index >= 15 is 0 Å². The van der Waals surface area contributed by atoms with Gasteiger partial charge in [0.05, 0.1) is 18.5 Å². The SMILES string of the molecule is CCOC(=O)C(=N)/C(=C1/N=C(N2Cc3ccccc3C2)C=C(c2cn[nH]c2)N1)C1CC1. The van der Waals surface area contributed by atoms with Crippen LogP contribution < -0.4 is 5.32 Å². The van der Waals surface area contributed by atoms with Crippen molar-refractivity contribution in [3.05, 3.63) is 70.8 Å². The van der Waals surface area contributed by atoms with Crippen molar-refractivity contribution < 1.29 is 9.53 Å². The number of aromatic nitrogens is 2. The number of H-pyrrole nitrogens is 1. The molecule has 1 aromatic heterocycles. The highest BCUT2D eigenvalue weighted by Gasteiger charge is 2.36. The Bertz CT molecular complexity index is 1100. The molecule has 1 saturated carbocycles. The minimum absolute atomic E-state index is 0.117. The van der Waals surface area contributed by atoms with Gasteiger partial charge < -0.3 is 15.0 Å². The molecule has 1 fully saturated rings. The number of ether oxygens (including phenoxy) is 1. The Morgan fingerprint density at radius 2 is 2.00 bits per heavy atom. The molecule has 0 spiro atoms. The average molecular weight is 416 g/mol. The second-order valence-electron chi connectivity index (χ2n) is 7.90. The minimum Gasteiger partial charge on any atom is -0.461 e. The van der Waals surface area contributed by atoms with Gasteiger partial charge in [-0.2, -0.15) is 5.10 Å². The van der Waals surface area contributed by atoms with Crippen LogP contribution in [0.5, 0.6) is 0 Å². The van der Waals surface area contributed by atoms with Crippen molar-refractivity contribution >= 4 is 23.2 Å². The third-order valence-electron chi connectivity index (χ3n) is 5.72. The summed E-state index contributed by atoms with van der Waals surface area (Å²) in [6.07, 6.45) is 7.43. The highest BCUT2D eigenvalue weighted by molar-refractivity contribution is 6.42. The average Bonchev–Trinajstić information content (AvgIpc) is 3.28. The van der Waals surface area contributed by atoms with Crippen molar-refractivity contribution in [1.29, 1.82) is 5.41 Å². The van der Waals surface area contributed by atoms with Crippen LogP contribution in [0.2, 0.25) is 0 Å². The van der Waals surface area contributed by atoms with E-state index in [1.807, 2.05) is 12.3 Å². The molecule has 0 atom stereocenters. The van der Waals surface area contributed by atoms with Gasteiger partial charge in [-0.3, -0.25) is 10.5 Å². The van der Waals surface area contributed by atoms with Crippen molar-refractivity contribution in [3.8, 4) is 0 Å². The number of benzene rings is 1. The summed E-state index contributed by atoms with van der Waals surface area (Å²) in [7, 11) is 0. The number of carbonyl (C=O) groups is 1. The summed E-state index contributed by atoms with van der Waals surface area (Å²) in [6, 6.07) is 8.38. The van der Waals surface area contributed by atoms with Crippen molar-refractivity contribution in [3.63, 3.8) is 0 Å². The number of nitrogens with one attached hydrogen (secondary N) is 3. The van der Waals surface area contributed by atoms with Gasteiger partial charge >= 0.3 is 5.97 Å². The van der Waals surface area contributed by atoms with Gasteiger partial charge in [0.1, 0.15) is 17.4 Å². The zero-order chi connectivity index (χ0) is 21.4. The number of aromatic amines is 1. The highest BCUT2D eigenvalue weighted by Crippen LogP contribution is 2.40. The first-order valence-electron chi connectivity index (χ1n) is 10.5. The van der Waals surface area contributed by atoms with Crippen molar-refractivity contribution in [2.75, 3.05) is 6.61 Å². The van der Waals surface area contributed by atoms with Crippen molar-refractivity contribution in [1.82, 2.24) is 20.4 Å². The molecule has 1 aliphatic carbocycles. The molecule has 1 aromatic carbocycles. The molecule has 3 heterocycles. The molecule has 0 unspecified atom stereocenters. The van der Waals surface area contributed by atoms with E-state index in [-0.39, 0.29) is 18.2 Å². The predicted molar refractivity (Wildman–Crippen MR) is 117 cm³/mol. The van der Waals surface area contributed by atoms with E-state index in [9.17, 15) is 4.79 Å². The molecule has 2 aromatic rings. The van der Waals surface area contributed by atoms with Gasteiger partial charge in [-0.05, 0) is 36.8 Å². The molecule has 2 aliphatic heterocycles. The number of rotatable bonds is 5. The lowest BCUT2D eigenvalue weighted by atomic mass is 10.0. The van der Waals surface area contributed by atoms with E-state index < -0.39 is 5.97 Å². The van der Waals surface area contributed by atoms with Crippen LogP contribution in [0, 0.1) is 11.3 Å². The summed E-state index contributed by atoms with van der Waals surface area (Å²) in [4.78, 5) is 19.5. The maximum atomic E-state index is 12.4. The summed E-state index contributed by atoms with van der Waals surface area (Å²) in [5, 5.41) is 18.7. The lowest BCUT2D eigenvalue weighted by molar-refractivity contribution is -0.135. The summed E-state index contributed by atoms with van der Waals surface area (Å²) < 4.78 is 5.11. The molecular weight excluding hydrogens is 392 g/mol. The number of fused-ring (bicyclic) bond motifs is 1. The lowest BCUT2D eigenvalue weighted by Gasteiger charge is -2.25. The number of amidine groups is 1. The Morgan fingerprint density at radius 3 is 2.61 bits per heavy atom. The Kier molecular flexibility index (Phi) is 4.89. The van der Waals surface area contributed by atoms with E-state index in [0.29, 0.717) is 11.4 Å². The second kappa shape index (κ2) is 7.86. The van der Waals surface area contributed by atoms with Crippen LogP contribution >= 0.6 is 0 Å². The van der Waals surface area contributed by atoms with Crippen LogP contribution in [0.25, 0.3) is 5.70 Å². The lowest BCUT2D eigenvalue weighted by Crippen LogP contribution is -2.31. The Hall–Kier alpha value is -3.68. The van der Waals surface area contributed by atoms with Gasteiger partial charge in [0.2, 0.25) is 0 Å². The second-order valence-corrected chi connectivity index (χ2v) is 7.90. The first-order valence-corrected chi connectivity index (χ1v) is 10.5. The van der Waals surface area contributed by atoms with Gasteiger partial charge in [-0.25, -0.2) is 9.79 Å². The first kappa shape index (κ1) is 19.3. The Morgan fingerprint density at radius 1 is 1.26 bits per heavy atom. The molecule has 3 aliphatic rings. The van der Waals surface area contributed by atoms with Gasteiger partial charge in [-0.1, -0.05) is 24.3 Å². The van der Waals surface area contributed by atoms with Crippen LogP contribution in [0.4, 0.5) is 0 Å². The van der Waals surface area contributed by atoms with Gasteiger partial charge in [0, 0.05) is 36.5 Å². The summed E-state index contributed by atoms with van der Waals surface area (Å²) >= 11 is 0. The van der Waals surface area contributed by atoms with Gasteiger partial charge in [0.25, 0.3) is 0 Å². The summed E-state index contributed by atoms with van der Waals surface area (Å²) in [5.74, 6) is 0.883. The number of aliphatic imine (C=N–C) groups is 1.